The number of rotatable bonds is 7. The van der Waals surface area contributed by atoms with Crippen LogP contribution in [0.2, 0.25) is 0 Å². The van der Waals surface area contributed by atoms with Crippen molar-refractivity contribution in [1.82, 2.24) is 10.2 Å². The number of benzene rings is 3. The first kappa shape index (κ1) is 25.3. The fourth-order valence-corrected chi connectivity index (χ4v) is 3.98. The van der Waals surface area contributed by atoms with Gasteiger partial charge in [-0.15, -0.1) is 0 Å². The molecule has 4 rings (SSSR count). The Balaban J connectivity index is 1.40. The number of fused-ring (bicyclic) bond motifs is 1. The van der Waals surface area contributed by atoms with Crippen molar-refractivity contribution in [3.05, 3.63) is 94.5 Å². The Kier molecular flexibility index (Phi) is 7.15. The van der Waals surface area contributed by atoms with Crippen LogP contribution in [0.4, 0.5) is 5.69 Å². The van der Waals surface area contributed by atoms with E-state index >= 15 is 0 Å². The SMILES string of the molecule is CC(=O)Oc1cccc(C(=O)Nc2cccc(CNC(=O)c3ccc4c(c3)C(=O)N(C(C)C)C4=O)c2)c1. The second kappa shape index (κ2) is 10.4. The molecule has 0 radical (unpaired) electrons. The highest BCUT2D eigenvalue weighted by Crippen LogP contribution is 2.26. The summed E-state index contributed by atoms with van der Waals surface area (Å²) in [5.41, 5.74) is 2.34. The quantitative estimate of drug-likeness (QED) is 0.290. The van der Waals surface area contributed by atoms with E-state index in [2.05, 4.69) is 10.6 Å². The number of carbonyl (C=O) groups excluding carboxylic acids is 5. The highest BCUT2D eigenvalue weighted by molar-refractivity contribution is 6.22. The summed E-state index contributed by atoms with van der Waals surface area (Å²) >= 11 is 0. The maximum atomic E-state index is 12.8. The van der Waals surface area contributed by atoms with E-state index in [4.69, 9.17) is 4.74 Å². The number of nitrogens with zero attached hydrogens (tertiary/aromatic N) is 1. The van der Waals surface area contributed by atoms with Crippen LogP contribution in [-0.4, -0.2) is 40.5 Å². The normalized spacial score (nSPS) is 12.4. The lowest BCUT2D eigenvalue weighted by molar-refractivity contribution is -0.131. The molecular formula is C28H25N3O6. The summed E-state index contributed by atoms with van der Waals surface area (Å²) in [5, 5.41) is 5.58. The van der Waals surface area contributed by atoms with Gasteiger partial charge in [-0.2, -0.15) is 0 Å². The second-order valence-corrected chi connectivity index (χ2v) is 8.79. The van der Waals surface area contributed by atoms with E-state index in [-0.39, 0.29) is 46.8 Å². The zero-order valence-corrected chi connectivity index (χ0v) is 20.5. The van der Waals surface area contributed by atoms with Crippen LogP contribution >= 0.6 is 0 Å². The highest BCUT2D eigenvalue weighted by Gasteiger charge is 2.37. The van der Waals surface area contributed by atoms with Crippen LogP contribution in [0.5, 0.6) is 5.75 Å². The van der Waals surface area contributed by atoms with Crippen molar-refractivity contribution in [2.24, 2.45) is 0 Å². The van der Waals surface area contributed by atoms with Crippen molar-refractivity contribution in [3.63, 3.8) is 0 Å². The Morgan fingerprint density at radius 3 is 2.27 bits per heavy atom. The van der Waals surface area contributed by atoms with Gasteiger partial charge in [-0.1, -0.05) is 18.2 Å². The Labute approximate surface area is 213 Å². The van der Waals surface area contributed by atoms with Crippen molar-refractivity contribution in [2.45, 2.75) is 33.4 Å². The monoisotopic (exact) mass is 499 g/mol. The van der Waals surface area contributed by atoms with Crippen LogP contribution < -0.4 is 15.4 Å². The Hall–Kier alpha value is -4.79. The van der Waals surface area contributed by atoms with Crippen molar-refractivity contribution < 1.29 is 28.7 Å². The van der Waals surface area contributed by atoms with Crippen LogP contribution in [0.3, 0.4) is 0 Å². The standard InChI is InChI=1S/C28H25N3O6/c1-16(2)31-27(35)23-11-10-20(14-24(23)28(31)36)25(33)29-15-18-6-4-8-21(12-18)30-26(34)19-7-5-9-22(13-19)37-17(3)32/h4-14,16H,15H2,1-3H3,(H,29,33)(H,30,34). The third-order valence-corrected chi connectivity index (χ3v) is 5.69. The average molecular weight is 500 g/mol. The molecule has 1 aliphatic rings. The Bertz CT molecular complexity index is 1430. The smallest absolute Gasteiger partial charge is 0.308 e. The summed E-state index contributed by atoms with van der Waals surface area (Å²) in [7, 11) is 0. The van der Waals surface area contributed by atoms with Crippen molar-refractivity contribution >= 4 is 35.3 Å². The lowest BCUT2D eigenvalue weighted by Gasteiger charge is -2.17. The molecule has 1 heterocycles. The van der Waals surface area contributed by atoms with Crippen molar-refractivity contribution in [2.75, 3.05) is 5.32 Å². The molecule has 0 bridgehead atoms. The van der Waals surface area contributed by atoms with Gasteiger partial charge in [0.2, 0.25) is 0 Å². The number of esters is 1. The Morgan fingerprint density at radius 2 is 1.54 bits per heavy atom. The third-order valence-electron chi connectivity index (χ3n) is 5.69. The molecule has 0 saturated heterocycles. The van der Waals surface area contributed by atoms with Gasteiger partial charge in [-0.3, -0.25) is 28.9 Å². The molecule has 0 aliphatic carbocycles. The van der Waals surface area contributed by atoms with Crippen molar-refractivity contribution in [3.8, 4) is 5.75 Å². The molecule has 0 atom stereocenters. The predicted octanol–water partition coefficient (Wildman–Crippen LogP) is 3.80. The molecule has 3 aromatic carbocycles. The molecule has 3 aromatic rings. The van der Waals surface area contributed by atoms with Gasteiger partial charge in [0.25, 0.3) is 23.6 Å². The van der Waals surface area contributed by atoms with Gasteiger partial charge in [0, 0.05) is 36.3 Å². The van der Waals surface area contributed by atoms with Crippen LogP contribution in [-0.2, 0) is 11.3 Å². The molecule has 188 valence electrons. The first-order chi connectivity index (χ1) is 17.6. The number of ether oxygens (including phenoxy) is 1. The van der Waals surface area contributed by atoms with E-state index in [9.17, 15) is 24.0 Å². The minimum absolute atomic E-state index is 0.173. The third kappa shape index (κ3) is 5.56. The van der Waals surface area contributed by atoms with Gasteiger partial charge in [0.1, 0.15) is 5.75 Å². The summed E-state index contributed by atoms with van der Waals surface area (Å²) in [4.78, 5) is 62.8. The number of amides is 4. The summed E-state index contributed by atoms with van der Waals surface area (Å²) < 4.78 is 5.02. The van der Waals surface area contributed by atoms with Gasteiger partial charge >= 0.3 is 5.97 Å². The van der Waals surface area contributed by atoms with E-state index < -0.39 is 17.8 Å². The molecule has 0 spiro atoms. The molecule has 37 heavy (non-hydrogen) atoms. The lowest BCUT2D eigenvalue weighted by atomic mass is 10.1. The first-order valence-corrected chi connectivity index (χ1v) is 11.6. The van der Waals surface area contributed by atoms with Gasteiger partial charge < -0.3 is 15.4 Å². The van der Waals surface area contributed by atoms with Crippen LogP contribution in [0.15, 0.2) is 66.7 Å². The summed E-state index contributed by atoms with van der Waals surface area (Å²) in [6, 6.07) is 17.4. The first-order valence-electron chi connectivity index (χ1n) is 11.6. The number of imide groups is 1. The zero-order chi connectivity index (χ0) is 26.7. The van der Waals surface area contributed by atoms with Gasteiger partial charge in [0.15, 0.2) is 0 Å². The topological polar surface area (TPSA) is 122 Å². The zero-order valence-electron chi connectivity index (χ0n) is 20.5. The number of hydrogen-bond donors (Lipinski definition) is 2. The molecule has 2 N–H and O–H groups in total. The van der Waals surface area contributed by atoms with Gasteiger partial charge in [-0.05, 0) is 67.9 Å². The maximum absolute atomic E-state index is 12.8. The van der Waals surface area contributed by atoms with Gasteiger partial charge in [-0.25, -0.2) is 0 Å². The van der Waals surface area contributed by atoms with Crippen LogP contribution in [0.1, 0.15) is 67.8 Å². The molecular weight excluding hydrogens is 474 g/mol. The minimum atomic E-state index is -0.482. The molecule has 1 aliphatic heterocycles. The van der Waals surface area contributed by atoms with Gasteiger partial charge in [0.05, 0.1) is 11.1 Å². The number of carbonyl (C=O) groups is 5. The van der Waals surface area contributed by atoms with E-state index in [0.717, 1.165) is 5.56 Å². The van der Waals surface area contributed by atoms with E-state index in [1.54, 1.807) is 56.3 Å². The molecule has 9 nitrogen and oxygen atoms in total. The second-order valence-electron chi connectivity index (χ2n) is 8.79. The minimum Gasteiger partial charge on any atom is -0.427 e. The largest absolute Gasteiger partial charge is 0.427 e. The fraction of sp³-hybridized carbons (Fsp3) is 0.179. The molecule has 0 fully saturated rings. The highest BCUT2D eigenvalue weighted by atomic mass is 16.5. The molecule has 0 aromatic heterocycles. The van der Waals surface area contributed by atoms with E-state index in [1.165, 1.54) is 36.1 Å². The molecule has 0 unspecified atom stereocenters. The summed E-state index contributed by atoms with van der Waals surface area (Å²) in [6.45, 7) is 4.96. The lowest BCUT2D eigenvalue weighted by Crippen LogP contribution is -2.35. The average Bonchev–Trinajstić information content (AvgIpc) is 3.11. The van der Waals surface area contributed by atoms with E-state index in [1.807, 2.05) is 0 Å². The van der Waals surface area contributed by atoms with Crippen LogP contribution in [0.25, 0.3) is 0 Å². The van der Waals surface area contributed by atoms with Crippen molar-refractivity contribution in [1.29, 1.82) is 0 Å². The predicted molar refractivity (Wildman–Crippen MR) is 135 cm³/mol. The number of hydrogen-bond acceptors (Lipinski definition) is 6. The van der Waals surface area contributed by atoms with E-state index in [0.29, 0.717) is 11.3 Å². The van der Waals surface area contributed by atoms with Crippen LogP contribution in [0, 0.1) is 0 Å². The molecule has 0 saturated carbocycles. The molecule has 9 heteroatoms. The molecule has 4 amide bonds. The fourth-order valence-electron chi connectivity index (χ4n) is 3.98. The number of nitrogens with one attached hydrogen (secondary N) is 2. The summed E-state index contributed by atoms with van der Waals surface area (Å²) in [5.74, 6) is -1.77. The Morgan fingerprint density at radius 1 is 0.838 bits per heavy atom. The maximum Gasteiger partial charge on any atom is 0.308 e. The number of anilines is 1. The summed E-state index contributed by atoms with van der Waals surface area (Å²) in [6.07, 6.45) is 0.